The normalized spacial score (nSPS) is 17.1. The maximum absolute atomic E-state index is 11.8. The number of carbonyl (C=O) groups excluding carboxylic acids is 1. The Morgan fingerprint density at radius 1 is 1.25 bits per heavy atom. The quantitative estimate of drug-likeness (QED) is 0.808. The molecular formula is C17H26N2O. The van der Waals surface area contributed by atoms with Crippen molar-refractivity contribution >= 4 is 5.91 Å². The fraction of sp³-hybridized carbons (Fsp3) is 0.588. The Morgan fingerprint density at radius 3 is 2.65 bits per heavy atom. The van der Waals surface area contributed by atoms with Crippen LogP contribution in [0.4, 0.5) is 0 Å². The van der Waals surface area contributed by atoms with Crippen molar-refractivity contribution in [3.63, 3.8) is 0 Å². The summed E-state index contributed by atoms with van der Waals surface area (Å²) in [6.45, 7) is 6.68. The van der Waals surface area contributed by atoms with Crippen LogP contribution in [0.5, 0.6) is 0 Å². The average molecular weight is 274 g/mol. The van der Waals surface area contributed by atoms with Crippen molar-refractivity contribution in [2.75, 3.05) is 26.2 Å². The van der Waals surface area contributed by atoms with Crippen molar-refractivity contribution in [3.8, 4) is 0 Å². The Morgan fingerprint density at radius 2 is 1.95 bits per heavy atom. The van der Waals surface area contributed by atoms with Crippen LogP contribution in [0.25, 0.3) is 0 Å². The second kappa shape index (κ2) is 8.05. The first kappa shape index (κ1) is 15.0. The number of likely N-dealkylation sites (tertiary alicyclic amines) is 1. The zero-order valence-electron chi connectivity index (χ0n) is 12.5. The first-order valence-corrected chi connectivity index (χ1v) is 7.77. The van der Waals surface area contributed by atoms with E-state index >= 15 is 0 Å². The van der Waals surface area contributed by atoms with Crippen LogP contribution in [0.3, 0.4) is 0 Å². The van der Waals surface area contributed by atoms with Crippen LogP contribution in [0.2, 0.25) is 0 Å². The van der Waals surface area contributed by atoms with Crippen LogP contribution in [0, 0.1) is 5.92 Å². The highest BCUT2D eigenvalue weighted by atomic mass is 16.1. The van der Waals surface area contributed by atoms with Crippen molar-refractivity contribution in [1.82, 2.24) is 10.2 Å². The molecule has 0 aliphatic carbocycles. The summed E-state index contributed by atoms with van der Waals surface area (Å²) < 4.78 is 0. The van der Waals surface area contributed by atoms with E-state index in [-0.39, 0.29) is 5.91 Å². The summed E-state index contributed by atoms with van der Waals surface area (Å²) >= 11 is 0. The maximum atomic E-state index is 11.8. The molecule has 1 aromatic carbocycles. The smallest absolute Gasteiger partial charge is 0.224 e. The molecule has 0 radical (unpaired) electrons. The Labute approximate surface area is 122 Å². The third-order valence-corrected chi connectivity index (χ3v) is 4.06. The van der Waals surface area contributed by atoms with E-state index < -0.39 is 0 Å². The van der Waals surface area contributed by atoms with Crippen molar-refractivity contribution in [3.05, 3.63) is 35.9 Å². The standard InChI is InChI=1S/C17H26N2O/c1-15-8-12-19(13-9-15)11-5-10-18-17(20)14-16-6-3-2-4-7-16/h2-4,6-7,15H,5,8-14H2,1H3,(H,18,20). The molecule has 20 heavy (non-hydrogen) atoms. The van der Waals surface area contributed by atoms with Crippen molar-refractivity contribution in [2.24, 2.45) is 5.92 Å². The van der Waals surface area contributed by atoms with Crippen molar-refractivity contribution in [2.45, 2.75) is 32.6 Å². The van der Waals surface area contributed by atoms with Crippen LogP contribution in [-0.4, -0.2) is 37.0 Å². The molecule has 110 valence electrons. The summed E-state index contributed by atoms with van der Waals surface area (Å²) in [5, 5.41) is 3.01. The van der Waals surface area contributed by atoms with E-state index in [1.807, 2.05) is 30.3 Å². The summed E-state index contributed by atoms with van der Waals surface area (Å²) in [6, 6.07) is 9.91. The Kier molecular flexibility index (Phi) is 6.06. The lowest BCUT2D eigenvalue weighted by molar-refractivity contribution is -0.120. The summed E-state index contributed by atoms with van der Waals surface area (Å²) in [5.41, 5.74) is 1.08. The van der Waals surface area contributed by atoms with Gasteiger partial charge in [0, 0.05) is 6.54 Å². The Bertz CT molecular complexity index is 397. The summed E-state index contributed by atoms with van der Waals surface area (Å²) in [5.74, 6) is 1.01. The molecule has 0 atom stereocenters. The first-order chi connectivity index (χ1) is 9.74. The number of nitrogens with one attached hydrogen (secondary N) is 1. The van der Waals surface area contributed by atoms with E-state index in [0.29, 0.717) is 6.42 Å². The van der Waals surface area contributed by atoms with Gasteiger partial charge in [-0.1, -0.05) is 37.3 Å². The number of carbonyl (C=O) groups is 1. The number of nitrogens with zero attached hydrogens (tertiary/aromatic N) is 1. The number of piperidine rings is 1. The molecule has 1 aliphatic heterocycles. The van der Waals surface area contributed by atoms with Crippen molar-refractivity contribution < 1.29 is 4.79 Å². The van der Waals surface area contributed by atoms with Gasteiger partial charge in [-0.25, -0.2) is 0 Å². The number of amides is 1. The zero-order valence-corrected chi connectivity index (χ0v) is 12.5. The maximum Gasteiger partial charge on any atom is 0.224 e. The van der Waals surface area contributed by atoms with Gasteiger partial charge < -0.3 is 10.2 Å². The van der Waals surface area contributed by atoms with Gasteiger partial charge in [-0.15, -0.1) is 0 Å². The van der Waals surface area contributed by atoms with E-state index in [4.69, 9.17) is 0 Å². The largest absolute Gasteiger partial charge is 0.356 e. The van der Waals surface area contributed by atoms with Gasteiger partial charge in [0.2, 0.25) is 5.91 Å². The summed E-state index contributed by atoms with van der Waals surface area (Å²) in [6.07, 6.45) is 4.18. The minimum absolute atomic E-state index is 0.128. The Hall–Kier alpha value is -1.35. The second-order valence-corrected chi connectivity index (χ2v) is 5.89. The molecule has 1 amide bonds. The first-order valence-electron chi connectivity index (χ1n) is 7.77. The molecular weight excluding hydrogens is 248 g/mol. The van der Waals surface area contributed by atoms with Gasteiger partial charge in [-0.3, -0.25) is 4.79 Å². The molecule has 1 fully saturated rings. The van der Waals surface area contributed by atoms with Gasteiger partial charge in [0.15, 0.2) is 0 Å². The summed E-state index contributed by atoms with van der Waals surface area (Å²) in [4.78, 5) is 14.3. The fourth-order valence-corrected chi connectivity index (χ4v) is 2.66. The SMILES string of the molecule is CC1CCN(CCCNC(=O)Cc2ccccc2)CC1. The fourth-order valence-electron chi connectivity index (χ4n) is 2.66. The van der Waals surface area contributed by atoms with Crippen molar-refractivity contribution in [1.29, 1.82) is 0 Å². The minimum Gasteiger partial charge on any atom is -0.356 e. The molecule has 0 aromatic heterocycles. The number of benzene rings is 1. The molecule has 0 spiro atoms. The lowest BCUT2D eigenvalue weighted by atomic mass is 9.99. The van der Waals surface area contributed by atoms with Gasteiger partial charge >= 0.3 is 0 Å². The molecule has 1 aromatic rings. The van der Waals surface area contributed by atoms with Crippen LogP contribution >= 0.6 is 0 Å². The van der Waals surface area contributed by atoms with Crippen LogP contribution in [0.1, 0.15) is 31.7 Å². The van der Waals surface area contributed by atoms with E-state index in [2.05, 4.69) is 17.1 Å². The molecule has 1 aliphatic rings. The molecule has 0 saturated carbocycles. The van der Waals surface area contributed by atoms with E-state index in [1.165, 1.54) is 25.9 Å². The van der Waals surface area contributed by atoms with E-state index in [9.17, 15) is 4.79 Å². The van der Waals surface area contributed by atoms with E-state index in [0.717, 1.165) is 31.0 Å². The third kappa shape index (κ3) is 5.33. The second-order valence-electron chi connectivity index (χ2n) is 5.89. The molecule has 3 nitrogen and oxygen atoms in total. The van der Waals surface area contributed by atoms with Crippen LogP contribution in [-0.2, 0) is 11.2 Å². The number of rotatable bonds is 6. The number of hydrogen-bond donors (Lipinski definition) is 1. The topological polar surface area (TPSA) is 32.3 Å². The minimum atomic E-state index is 0.128. The highest BCUT2D eigenvalue weighted by molar-refractivity contribution is 5.78. The molecule has 1 heterocycles. The van der Waals surface area contributed by atoms with Crippen LogP contribution < -0.4 is 5.32 Å². The predicted molar refractivity (Wildman–Crippen MR) is 82.6 cm³/mol. The van der Waals surface area contributed by atoms with Gasteiger partial charge in [-0.2, -0.15) is 0 Å². The lowest BCUT2D eigenvalue weighted by Gasteiger charge is -2.30. The van der Waals surface area contributed by atoms with E-state index in [1.54, 1.807) is 0 Å². The highest BCUT2D eigenvalue weighted by Gasteiger charge is 2.14. The Balaban J connectivity index is 1.56. The molecule has 1 N–H and O–H groups in total. The average Bonchev–Trinajstić information content (AvgIpc) is 2.46. The molecule has 2 rings (SSSR count). The van der Waals surface area contributed by atoms with Gasteiger partial charge in [-0.05, 0) is 50.4 Å². The van der Waals surface area contributed by atoms with Crippen LogP contribution in [0.15, 0.2) is 30.3 Å². The molecule has 1 saturated heterocycles. The highest BCUT2D eigenvalue weighted by Crippen LogP contribution is 2.15. The van der Waals surface area contributed by atoms with Gasteiger partial charge in [0.05, 0.1) is 6.42 Å². The summed E-state index contributed by atoms with van der Waals surface area (Å²) in [7, 11) is 0. The monoisotopic (exact) mass is 274 g/mol. The lowest BCUT2D eigenvalue weighted by Crippen LogP contribution is -2.35. The van der Waals surface area contributed by atoms with Gasteiger partial charge in [0.25, 0.3) is 0 Å². The molecule has 0 bridgehead atoms. The van der Waals surface area contributed by atoms with Gasteiger partial charge in [0.1, 0.15) is 0 Å². The molecule has 0 unspecified atom stereocenters. The molecule has 3 heteroatoms. The third-order valence-electron chi connectivity index (χ3n) is 4.06. The zero-order chi connectivity index (χ0) is 14.2. The predicted octanol–water partition coefficient (Wildman–Crippen LogP) is 2.47. The number of hydrogen-bond acceptors (Lipinski definition) is 2.